The Kier molecular flexibility index (Phi) is 5.11. The van der Waals surface area contributed by atoms with Crippen LogP contribution in [0, 0.1) is 5.41 Å². The number of carbonyl (C=O) groups excluding carboxylic acids is 1. The van der Waals surface area contributed by atoms with Gasteiger partial charge in [0.05, 0.1) is 25.8 Å². The zero-order valence-corrected chi connectivity index (χ0v) is 12.9. The highest BCUT2D eigenvalue weighted by Crippen LogP contribution is 2.44. The first-order chi connectivity index (χ1) is 8.99. The zero-order valence-electron chi connectivity index (χ0n) is 12.1. The second-order valence-corrected chi connectivity index (χ2v) is 5.22. The van der Waals surface area contributed by atoms with E-state index < -0.39 is 6.09 Å². The number of halogens is 1. The normalized spacial score (nSPS) is 20.2. The lowest BCUT2D eigenvalue weighted by Gasteiger charge is -2.39. The summed E-state index contributed by atoms with van der Waals surface area (Å²) < 4.78 is 15.9. The second-order valence-electron chi connectivity index (χ2n) is 5.22. The highest BCUT2D eigenvalue weighted by atomic mass is 35.5. The molecule has 1 heterocycles. The minimum Gasteiger partial charge on any atom is -0.496 e. The van der Waals surface area contributed by atoms with Crippen molar-refractivity contribution < 1.29 is 19.0 Å². The van der Waals surface area contributed by atoms with Gasteiger partial charge in [-0.1, -0.05) is 19.9 Å². The van der Waals surface area contributed by atoms with E-state index in [1.165, 1.54) is 0 Å². The van der Waals surface area contributed by atoms with E-state index in [0.717, 1.165) is 5.56 Å². The van der Waals surface area contributed by atoms with Gasteiger partial charge >= 0.3 is 6.09 Å². The summed E-state index contributed by atoms with van der Waals surface area (Å²) in [5.74, 6) is 1.39. The van der Waals surface area contributed by atoms with E-state index >= 15 is 0 Å². The zero-order chi connectivity index (χ0) is 14.0. The monoisotopic (exact) mass is 301 g/mol. The minimum atomic E-state index is -0.419. The summed E-state index contributed by atoms with van der Waals surface area (Å²) in [5, 5.41) is 2.85. The summed E-state index contributed by atoms with van der Waals surface area (Å²) in [5.41, 5.74) is 0.588. The first-order valence-electron chi connectivity index (χ1n) is 6.14. The van der Waals surface area contributed by atoms with Crippen LogP contribution in [0.5, 0.6) is 11.5 Å². The summed E-state index contributed by atoms with van der Waals surface area (Å²) in [6.07, 6.45) is -0.419. The van der Waals surface area contributed by atoms with E-state index in [9.17, 15) is 4.79 Å². The van der Waals surface area contributed by atoms with Gasteiger partial charge in [-0.05, 0) is 12.1 Å². The number of nitrogens with one attached hydrogen (secondary N) is 1. The average molecular weight is 302 g/mol. The topological polar surface area (TPSA) is 56.8 Å². The Bertz CT molecular complexity index is 468. The minimum absolute atomic E-state index is 0. The van der Waals surface area contributed by atoms with Gasteiger partial charge in [-0.25, -0.2) is 4.79 Å². The van der Waals surface area contributed by atoms with Crippen molar-refractivity contribution in [3.05, 3.63) is 23.8 Å². The van der Waals surface area contributed by atoms with Crippen LogP contribution in [0.2, 0.25) is 0 Å². The SMILES string of the molecule is COc1cccc(OC)c1[C@H]1NC(=O)OCC1(C)C.Cl. The van der Waals surface area contributed by atoms with Crippen LogP contribution < -0.4 is 14.8 Å². The predicted molar refractivity (Wildman–Crippen MR) is 77.8 cm³/mol. The lowest BCUT2D eigenvalue weighted by Crippen LogP contribution is -2.47. The summed E-state index contributed by atoms with van der Waals surface area (Å²) in [6, 6.07) is 5.35. The van der Waals surface area contributed by atoms with Crippen molar-refractivity contribution in [1.82, 2.24) is 5.32 Å². The van der Waals surface area contributed by atoms with Crippen LogP contribution in [0.25, 0.3) is 0 Å². The number of benzene rings is 1. The fourth-order valence-corrected chi connectivity index (χ4v) is 2.32. The van der Waals surface area contributed by atoms with Gasteiger partial charge in [0.1, 0.15) is 18.1 Å². The maximum Gasteiger partial charge on any atom is 0.407 e. The number of carbonyl (C=O) groups is 1. The standard InChI is InChI=1S/C14H19NO4.ClH/c1-14(2)8-19-13(16)15-12(14)11-9(17-3)6-5-7-10(11)18-4;/h5-7,12H,8H2,1-4H3,(H,15,16);1H/t12-;/m1./s1. The molecule has 0 aromatic heterocycles. The lowest BCUT2D eigenvalue weighted by atomic mass is 9.79. The third-order valence-electron chi connectivity index (χ3n) is 3.37. The molecule has 5 nitrogen and oxygen atoms in total. The Balaban J connectivity index is 0.00000200. The summed E-state index contributed by atoms with van der Waals surface area (Å²) in [4.78, 5) is 11.5. The Morgan fingerprint density at radius 2 is 1.80 bits per heavy atom. The Labute approximate surface area is 125 Å². The Morgan fingerprint density at radius 1 is 1.25 bits per heavy atom. The van der Waals surface area contributed by atoms with Gasteiger partial charge in [-0.3, -0.25) is 0 Å². The summed E-state index contributed by atoms with van der Waals surface area (Å²) in [6.45, 7) is 4.41. The third kappa shape index (κ3) is 2.93. The first-order valence-corrected chi connectivity index (χ1v) is 6.14. The molecule has 0 bridgehead atoms. The van der Waals surface area contributed by atoms with Crippen LogP contribution >= 0.6 is 12.4 Å². The number of amides is 1. The van der Waals surface area contributed by atoms with Crippen LogP contribution in [0.3, 0.4) is 0 Å². The molecule has 1 amide bonds. The van der Waals surface area contributed by atoms with Gasteiger partial charge in [0.25, 0.3) is 0 Å². The van der Waals surface area contributed by atoms with E-state index in [1.54, 1.807) is 14.2 Å². The van der Waals surface area contributed by atoms with Crippen LogP contribution in [-0.2, 0) is 4.74 Å². The van der Waals surface area contributed by atoms with Crippen molar-refractivity contribution in [2.45, 2.75) is 19.9 Å². The van der Waals surface area contributed by atoms with E-state index in [0.29, 0.717) is 18.1 Å². The number of methoxy groups -OCH3 is 2. The molecule has 6 heteroatoms. The van der Waals surface area contributed by atoms with E-state index in [2.05, 4.69) is 5.32 Å². The van der Waals surface area contributed by atoms with E-state index in [-0.39, 0.29) is 23.9 Å². The highest BCUT2D eigenvalue weighted by Gasteiger charge is 2.40. The molecule has 20 heavy (non-hydrogen) atoms. The second kappa shape index (κ2) is 6.22. The molecule has 1 saturated heterocycles. The quantitative estimate of drug-likeness (QED) is 0.932. The average Bonchev–Trinajstić information content (AvgIpc) is 2.40. The maximum atomic E-state index is 11.5. The summed E-state index contributed by atoms with van der Waals surface area (Å²) >= 11 is 0. The third-order valence-corrected chi connectivity index (χ3v) is 3.37. The molecular formula is C14H20ClNO4. The number of rotatable bonds is 3. The number of hydrogen-bond donors (Lipinski definition) is 1. The number of ether oxygens (including phenoxy) is 3. The molecule has 1 aliphatic rings. The Morgan fingerprint density at radius 3 is 2.30 bits per heavy atom. The van der Waals surface area contributed by atoms with Crippen molar-refractivity contribution in [1.29, 1.82) is 0 Å². The number of cyclic esters (lactones) is 1. The lowest BCUT2D eigenvalue weighted by molar-refractivity contribution is 0.0374. The smallest absolute Gasteiger partial charge is 0.407 e. The number of hydrogen-bond acceptors (Lipinski definition) is 4. The molecular weight excluding hydrogens is 282 g/mol. The van der Waals surface area contributed by atoms with Crippen molar-refractivity contribution >= 4 is 18.5 Å². The molecule has 1 aromatic carbocycles. The van der Waals surface area contributed by atoms with Gasteiger partial charge < -0.3 is 19.5 Å². The molecule has 0 saturated carbocycles. The predicted octanol–water partition coefficient (Wildman–Crippen LogP) is 2.93. The molecule has 0 unspecified atom stereocenters. The highest BCUT2D eigenvalue weighted by molar-refractivity contribution is 5.85. The number of alkyl carbamates (subject to hydrolysis) is 1. The molecule has 112 valence electrons. The van der Waals surface area contributed by atoms with E-state index in [1.807, 2.05) is 32.0 Å². The maximum absolute atomic E-state index is 11.5. The molecule has 1 fully saturated rings. The van der Waals surface area contributed by atoms with Crippen molar-refractivity contribution in [3.8, 4) is 11.5 Å². The van der Waals surface area contributed by atoms with Crippen LogP contribution in [0.4, 0.5) is 4.79 Å². The largest absolute Gasteiger partial charge is 0.496 e. The van der Waals surface area contributed by atoms with Gasteiger partial charge in [0.15, 0.2) is 0 Å². The molecule has 0 aliphatic carbocycles. The molecule has 1 atom stereocenters. The van der Waals surface area contributed by atoms with Gasteiger partial charge in [0.2, 0.25) is 0 Å². The van der Waals surface area contributed by atoms with Crippen molar-refractivity contribution in [2.75, 3.05) is 20.8 Å². The molecule has 1 aromatic rings. The first kappa shape index (κ1) is 16.4. The van der Waals surface area contributed by atoms with E-state index in [4.69, 9.17) is 14.2 Å². The fourth-order valence-electron chi connectivity index (χ4n) is 2.32. The molecule has 0 spiro atoms. The van der Waals surface area contributed by atoms with Gasteiger partial charge in [-0.15, -0.1) is 12.4 Å². The van der Waals surface area contributed by atoms with Crippen molar-refractivity contribution in [3.63, 3.8) is 0 Å². The van der Waals surface area contributed by atoms with Gasteiger partial charge in [0, 0.05) is 5.41 Å². The van der Waals surface area contributed by atoms with Crippen LogP contribution in [0.15, 0.2) is 18.2 Å². The van der Waals surface area contributed by atoms with Crippen LogP contribution in [0.1, 0.15) is 25.5 Å². The fraction of sp³-hybridized carbons (Fsp3) is 0.500. The Hall–Kier alpha value is -1.62. The molecule has 1 N–H and O–H groups in total. The van der Waals surface area contributed by atoms with Crippen LogP contribution in [-0.4, -0.2) is 26.9 Å². The molecule has 1 aliphatic heterocycles. The van der Waals surface area contributed by atoms with Crippen molar-refractivity contribution in [2.24, 2.45) is 5.41 Å². The van der Waals surface area contributed by atoms with Gasteiger partial charge in [-0.2, -0.15) is 0 Å². The molecule has 2 rings (SSSR count). The summed E-state index contributed by atoms with van der Waals surface area (Å²) in [7, 11) is 3.21. The molecule has 0 radical (unpaired) electrons.